The standard InChI is InChI=1S/C11H13N.2C11H12S.3C10H12N2.2C9H11N3.4CH4/c2*1-8(2)9-3-4-11-10(7-9)5-6-12-11;1-8(2)10-4-3-9-5-6-12-11(9)7-10;1-8(2)9-4-6-12-10(7-9)3-5-11-12;1-7(2)8-3-4-10-9(5-8)6-11-12-10;1-8(2)9-3-4-10-5-6-11-12(10)7-9;1-7(2)8-4-6-12-9(11-8)3-5-10-12;1-7(2)8-3-4-9-10-5-6-12(9)11-8;;;;/h3-8,12H,1-2H3;3*3-8H,1-2H3;3-7H,1-2H3,(H,11,12);3-8H,1-2H3;2*3-7H,1-2H3;4*1H4. The Bertz CT molecular complexity index is 4040. The number of rotatable bonds is 8. The number of H-pyrrole nitrogens is 2. The number of aromatic nitrogens is 13. The van der Waals surface area contributed by atoms with Crippen molar-refractivity contribution in [3.05, 3.63) is 269 Å². The Balaban J connectivity index is 0.000000205. The lowest BCUT2D eigenvalue weighted by Crippen LogP contribution is -1.98. The summed E-state index contributed by atoms with van der Waals surface area (Å²) in [7, 11) is 0. The van der Waals surface area contributed by atoms with Crippen molar-refractivity contribution in [1.82, 2.24) is 63.6 Å². The number of nitrogens with one attached hydrogen (secondary N) is 2. The van der Waals surface area contributed by atoms with Crippen LogP contribution in [0, 0.1) is 0 Å². The van der Waals surface area contributed by atoms with Crippen LogP contribution in [0.3, 0.4) is 0 Å². The highest BCUT2D eigenvalue weighted by Crippen LogP contribution is 2.28. The van der Waals surface area contributed by atoms with E-state index in [1.807, 2.05) is 111 Å². The van der Waals surface area contributed by atoms with Crippen LogP contribution >= 0.6 is 22.7 Å². The number of nitrogens with zero attached hydrogens (tertiary/aromatic N) is 11. The third-order valence-electron chi connectivity index (χ3n) is 16.6. The molecule has 0 aliphatic heterocycles. The molecular weight excluding hydrogens is 1270 g/mol. The van der Waals surface area contributed by atoms with E-state index < -0.39 is 0 Å². The van der Waals surface area contributed by atoms with Gasteiger partial charge in [-0.05, 0) is 211 Å². The van der Waals surface area contributed by atoms with Gasteiger partial charge >= 0.3 is 0 Å². The summed E-state index contributed by atoms with van der Waals surface area (Å²) in [6.45, 7) is 35.0. The van der Waals surface area contributed by atoms with Crippen molar-refractivity contribution in [2.45, 2.75) is 188 Å². The minimum absolute atomic E-state index is 0. The van der Waals surface area contributed by atoms with Crippen LogP contribution in [0.15, 0.2) is 224 Å². The van der Waals surface area contributed by atoms with Gasteiger partial charge in [0.25, 0.3) is 0 Å². The van der Waals surface area contributed by atoms with Crippen molar-refractivity contribution in [1.29, 1.82) is 0 Å². The Morgan fingerprint density at radius 3 is 1.56 bits per heavy atom. The summed E-state index contributed by atoms with van der Waals surface area (Å²) in [5.41, 5.74) is 17.0. The zero-order valence-corrected chi connectivity index (χ0v) is 60.3. The first kappa shape index (κ1) is 81.1. The molecule has 0 amide bonds. The molecule has 0 bridgehead atoms. The average molecular weight is 1380 g/mol. The highest BCUT2D eigenvalue weighted by molar-refractivity contribution is 7.17. The molecule has 0 radical (unpaired) electrons. The number of imidazole rings is 1. The van der Waals surface area contributed by atoms with E-state index >= 15 is 0 Å². The molecule has 0 saturated carbocycles. The summed E-state index contributed by atoms with van der Waals surface area (Å²) < 4.78 is 10.2. The van der Waals surface area contributed by atoms with E-state index in [0.29, 0.717) is 47.3 Å². The Morgan fingerprint density at radius 1 is 0.350 bits per heavy atom. The van der Waals surface area contributed by atoms with Crippen LogP contribution < -0.4 is 0 Å². The van der Waals surface area contributed by atoms with Crippen molar-refractivity contribution < 1.29 is 0 Å². The van der Waals surface area contributed by atoms with Gasteiger partial charge in [0.2, 0.25) is 0 Å². The van der Waals surface area contributed by atoms with Gasteiger partial charge in [-0.15, -0.1) is 22.7 Å². The Kier molecular flexibility index (Phi) is 31.4. The van der Waals surface area contributed by atoms with Crippen molar-refractivity contribution in [2.75, 3.05) is 0 Å². The van der Waals surface area contributed by atoms with Crippen molar-refractivity contribution >= 4 is 87.0 Å². The molecule has 12 heterocycles. The molecule has 0 atom stereocenters. The topological polar surface area (TPSA) is 139 Å². The predicted octanol–water partition coefficient (Wildman–Crippen LogP) is 25.2. The van der Waals surface area contributed by atoms with Crippen LogP contribution in [0.2, 0.25) is 0 Å². The summed E-state index contributed by atoms with van der Waals surface area (Å²) >= 11 is 3.63. The number of benzene rings is 4. The highest BCUT2D eigenvalue weighted by atomic mass is 32.1. The fourth-order valence-electron chi connectivity index (χ4n) is 10.3. The molecule has 16 rings (SSSR count). The second-order valence-corrected chi connectivity index (χ2v) is 28.4. The Hall–Kier alpha value is -9.57. The SMILES string of the molecule is C.C.C.C.CC(C)c1ccc2[nH]ccc2c1.CC(C)c1ccc2[nH]ncc2c1.CC(C)c1ccc2ccnn2c1.CC(C)c1ccc2ccsc2c1.CC(C)c1ccc2nccn2n1.CC(C)c1ccc2sccc2c1.CC(C)c1ccn2nccc2c1.CC(C)c1ccn2nccc2n1. The first-order valence-corrected chi connectivity index (χ1v) is 35.3. The monoisotopic (exact) mass is 1380 g/mol. The van der Waals surface area contributed by atoms with Crippen molar-refractivity contribution in [3.63, 3.8) is 0 Å². The van der Waals surface area contributed by atoms with E-state index in [9.17, 15) is 0 Å². The zero-order chi connectivity index (χ0) is 68.4. The number of hydrogen-bond acceptors (Lipinski definition) is 9. The lowest BCUT2D eigenvalue weighted by molar-refractivity contribution is 0.764. The molecule has 528 valence electrons. The number of pyridine rings is 2. The molecule has 2 N–H and O–H groups in total. The van der Waals surface area contributed by atoms with E-state index in [1.165, 1.54) is 75.4 Å². The van der Waals surface area contributed by atoms with Gasteiger partial charge in [0.15, 0.2) is 11.3 Å². The molecule has 13 nitrogen and oxygen atoms in total. The molecule has 12 aromatic heterocycles. The van der Waals surface area contributed by atoms with Crippen LogP contribution in [0.4, 0.5) is 0 Å². The van der Waals surface area contributed by atoms with E-state index in [-0.39, 0.29) is 29.7 Å². The number of fused-ring (bicyclic) bond motifs is 8. The predicted molar refractivity (Wildman–Crippen MR) is 434 cm³/mol. The summed E-state index contributed by atoms with van der Waals surface area (Å²) in [5.74, 6) is 4.57. The third-order valence-corrected chi connectivity index (χ3v) is 18.4. The zero-order valence-electron chi connectivity index (χ0n) is 58.7. The lowest BCUT2D eigenvalue weighted by atomic mass is 10.0. The first-order chi connectivity index (χ1) is 46.2. The molecule has 4 aromatic carbocycles. The quantitative estimate of drug-likeness (QED) is 0.154. The summed E-state index contributed by atoms with van der Waals surface area (Å²) in [4.78, 5) is 11.7. The third kappa shape index (κ3) is 22.2. The molecule has 0 fully saturated rings. The first-order valence-electron chi connectivity index (χ1n) is 33.6. The summed E-state index contributed by atoms with van der Waals surface area (Å²) in [6.07, 6.45) is 18.9. The van der Waals surface area contributed by atoms with Crippen molar-refractivity contribution in [3.8, 4) is 0 Å². The maximum Gasteiger partial charge on any atom is 0.155 e. The highest BCUT2D eigenvalue weighted by Gasteiger charge is 2.08. The number of thiophene rings is 2. The van der Waals surface area contributed by atoms with Crippen molar-refractivity contribution in [2.24, 2.45) is 0 Å². The molecule has 15 heteroatoms. The second kappa shape index (κ2) is 38.7. The molecule has 16 aromatic rings. The van der Waals surface area contributed by atoms with Gasteiger partial charge in [0, 0.05) is 81.6 Å². The molecular formula is C85H111N13S2. The van der Waals surface area contributed by atoms with Crippen LogP contribution in [0.25, 0.3) is 64.3 Å². The maximum atomic E-state index is 4.44. The maximum absolute atomic E-state index is 4.44. The second-order valence-electron chi connectivity index (χ2n) is 26.5. The van der Waals surface area contributed by atoms with E-state index in [4.69, 9.17) is 0 Å². The van der Waals surface area contributed by atoms with Crippen LogP contribution in [0.5, 0.6) is 0 Å². The van der Waals surface area contributed by atoms with Crippen LogP contribution in [0.1, 0.15) is 233 Å². The Labute approximate surface area is 603 Å². The lowest BCUT2D eigenvalue weighted by Gasteiger charge is -2.04. The molecule has 100 heavy (non-hydrogen) atoms. The summed E-state index contributed by atoms with van der Waals surface area (Å²) in [5, 5.41) is 33.2. The van der Waals surface area contributed by atoms with Crippen LogP contribution in [-0.2, 0) is 0 Å². The van der Waals surface area contributed by atoms with Gasteiger partial charge in [0.05, 0.1) is 34.6 Å². The largest absolute Gasteiger partial charge is 0.361 e. The van der Waals surface area contributed by atoms with Gasteiger partial charge in [0.1, 0.15) is 0 Å². The van der Waals surface area contributed by atoms with Gasteiger partial charge in [-0.25, -0.2) is 28.0 Å². The Morgan fingerprint density at radius 2 is 0.890 bits per heavy atom. The van der Waals surface area contributed by atoms with Gasteiger partial charge in [-0.1, -0.05) is 183 Å². The molecule has 0 spiro atoms. The average Bonchev–Trinajstić information content (AvgIpc) is 1.75. The molecule has 0 aliphatic rings. The van der Waals surface area contributed by atoms with Gasteiger partial charge in [-0.3, -0.25) is 5.10 Å². The smallest absolute Gasteiger partial charge is 0.155 e. The van der Waals surface area contributed by atoms with Gasteiger partial charge in [-0.2, -0.15) is 25.5 Å². The van der Waals surface area contributed by atoms with E-state index in [0.717, 1.165) is 33.7 Å². The fourth-order valence-corrected chi connectivity index (χ4v) is 11.9. The molecule has 0 aliphatic carbocycles. The number of aromatic amines is 2. The molecule has 0 saturated heterocycles. The van der Waals surface area contributed by atoms with Gasteiger partial charge < -0.3 is 4.98 Å². The number of hydrogen-bond donors (Lipinski definition) is 2. The molecule has 0 unspecified atom stereocenters. The summed E-state index contributed by atoms with van der Waals surface area (Å²) in [6, 6.07) is 53.4. The van der Waals surface area contributed by atoms with Crippen LogP contribution in [-0.4, -0.2) is 63.6 Å². The van der Waals surface area contributed by atoms with E-state index in [2.05, 4.69) is 289 Å². The minimum atomic E-state index is 0. The van der Waals surface area contributed by atoms with E-state index in [1.54, 1.807) is 21.4 Å². The normalized spacial score (nSPS) is 10.8. The minimum Gasteiger partial charge on any atom is -0.361 e. The fraction of sp³-hybridized carbons (Fsp3) is 0.329.